The van der Waals surface area contributed by atoms with E-state index in [1.165, 1.54) is 6.20 Å². The van der Waals surface area contributed by atoms with Crippen LogP contribution in [-0.4, -0.2) is 39.0 Å². The number of aliphatic hydroxyl groups excluding tert-OH is 1. The van der Waals surface area contributed by atoms with Crippen molar-refractivity contribution < 1.29 is 24.5 Å². The Labute approximate surface area is 141 Å². The molecular formula is C17H24N2O5. The van der Waals surface area contributed by atoms with E-state index in [2.05, 4.69) is 10.3 Å². The first-order chi connectivity index (χ1) is 11.1. The van der Waals surface area contributed by atoms with Crippen molar-refractivity contribution >= 4 is 17.9 Å². The molecule has 132 valence electrons. The molecule has 2 unspecified atom stereocenters. The fourth-order valence-electron chi connectivity index (χ4n) is 2.96. The number of rotatable bonds is 4. The molecule has 1 aliphatic rings. The van der Waals surface area contributed by atoms with Crippen LogP contribution < -0.4 is 5.32 Å². The Kier molecular flexibility index (Phi) is 5.13. The standard InChI is InChI=1S/C17H24N2O5/c1-16(2,3)24-15(23)19-13-7-6-11(10-18-13)9-17(14(21)22)8-4-5-12(17)20/h6-7,10,12,20H,4-5,8-9H2,1-3H3,(H,21,22)(H,18,19,23). The quantitative estimate of drug-likeness (QED) is 0.780. The summed E-state index contributed by atoms with van der Waals surface area (Å²) in [6, 6.07) is 3.30. The van der Waals surface area contributed by atoms with Gasteiger partial charge in [0.25, 0.3) is 0 Å². The van der Waals surface area contributed by atoms with Crippen molar-refractivity contribution in [1.29, 1.82) is 0 Å². The summed E-state index contributed by atoms with van der Waals surface area (Å²) in [6.07, 6.45) is 1.91. The number of aliphatic hydroxyl groups is 1. The van der Waals surface area contributed by atoms with Gasteiger partial charge in [0, 0.05) is 6.20 Å². The lowest BCUT2D eigenvalue weighted by atomic mass is 9.78. The van der Waals surface area contributed by atoms with Gasteiger partial charge in [0.15, 0.2) is 0 Å². The Bertz CT molecular complexity index is 608. The highest BCUT2D eigenvalue weighted by Gasteiger charge is 2.48. The first-order valence-corrected chi connectivity index (χ1v) is 7.99. The first-order valence-electron chi connectivity index (χ1n) is 7.99. The summed E-state index contributed by atoms with van der Waals surface area (Å²) in [4.78, 5) is 27.4. The van der Waals surface area contributed by atoms with Crippen molar-refractivity contribution in [3.8, 4) is 0 Å². The van der Waals surface area contributed by atoms with Gasteiger partial charge in [-0.2, -0.15) is 0 Å². The SMILES string of the molecule is CC(C)(C)OC(=O)Nc1ccc(CC2(C(=O)O)CCCC2O)cn1. The number of amides is 1. The second-order valence-electron chi connectivity index (χ2n) is 7.22. The van der Waals surface area contributed by atoms with Crippen LogP contribution in [0.3, 0.4) is 0 Å². The summed E-state index contributed by atoms with van der Waals surface area (Å²) in [7, 11) is 0. The maximum absolute atomic E-state index is 11.7. The number of ether oxygens (including phenoxy) is 1. The smallest absolute Gasteiger partial charge is 0.413 e. The Morgan fingerprint density at radius 3 is 2.58 bits per heavy atom. The van der Waals surface area contributed by atoms with Crippen molar-refractivity contribution in [2.24, 2.45) is 5.41 Å². The number of nitrogens with zero attached hydrogens (tertiary/aromatic N) is 1. The predicted molar refractivity (Wildman–Crippen MR) is 87.7 cm³/mol. The minimum Gasteiger partial charge on any atom is -0.481 e. The number of carbonyl (C=O) groups excluding carboxylic acids is 1. The second kappa shape index (κ2) is 6.76. The summed E-state index contributed by atoms with van der Waals surface area (Å²) in [5.41, 5.74) is -1.05. The van der Waals surface area contributed by atoms with Gasteiger partial charge in [-0.15, -0.1) is 0 Å². The molecule has 1 aromatic heterocycles. The number of carbonyl (C=O) groups is 2. The Morgan fingerprint density at radius 1 is 1.42 bits per heavy atom. The van der Waals surface area contributed by atoms with Crippen LogP contribution in [-0.2, 0) is 16.0 Å². The zero-order valence-corrected chi connectivity index (χ0v) is 14.2. The maximum Gasteiger partial charge on any atom is 0.413 e. The lowest BCUT2D eigenvalue weighted by Gasteiger charge is -2.27. The normalized spacial score (nSPS) is 23.8. The number of hydrogen-bond acceptors (Lipinski definition) is 5. The summed E-state index contributed by atoms with van der Waals surface area (Å²) >= 11 is 0. The minimum atomic E-state index is -1.15. The molecule has 0 bridgehead atoms. The van der Waals surface area contributed by atoms with Gasteiger partial charge < -0.3 is 14.9 Å². The van der Waals surface area contributed by atoms with E-state index in [-0.39, 0.29) is 6.42 Å². The van der Waals surface area contributed by atoms with Crippen LogP contribution in [0, 0.1) is 5.41 Å². The molecule has 1 heterocycles. The van der Waals surface area contributed by atoms with Gasteiger partial charge >= 0.3 is 12.1 Å². The molecule has 2 atom stereocenters. The predicted octanol–water partition coefficient (Wildman–Crippen LogP) is 2.59. The van der Waals surface area contributed by atoms with Crippen LogP contribution in [0.15, 0.2) is 18.3 Å². The summed E-state index contributed by atoms with van der Waals surface area (Å²) in [6.45, 7) is 5.30. The molecule has 1 aliphatic carbocycles. The third-order valence-electron chi connectivity index (χ3n) is 4.14. The van der Waals surface area contributed by atoms with E-state index in [9.17, 15) is 19.8 Å². The molecule has 1 fully saturated rings. The van der Waals surface area contributed by atoms with Gasteiger partial charge in [0.2, 0.25) is 0 Å². The Balaban J connectivity index is 2.04. The maximum atomic E-state index is 11.7. The largest absolute Gasteiger partial charge is 0.481 e. The van der Waals surface area contributed by atoms with Gasteiger partial charge in [-0.05, 0) is 58.1 Å². The fraction of sp³-hybridized carbons (Fsp3) is 0.588. The van der Waals surface area contributed by atoms with Crippen molar-refractivity contribution in [2.75, 3.05) is 5.32 Å². The van der Waals surface area contributed by atoms with E-state index in [1.807, 2.05) is 0 Å². The molecular weight excluding hydrogens is 312 g/mol. The van der Waals surface area contributed by atoms with Crippen molar-refractivity contribution in [3.63, 3.8) is 0 Å². The highest BCUT2D eigenvalue weighted by Crippen LogP contribution is 2.41. The summed E-state index contributed by atoms with van der Waals surface area (Å²) in [5, 5.41) is 22.1. The second-order valence-corrected chi connectivity index (χ2v) is 7.22. The van der Waals surface area contributed by atoms with Gasteiger partial charge in [-0.25, -0.2) is 9.78 Å². The summed E-state index contributed by atoms with van der Waals surface area (Å²) < 4.78 is 5.14. The number of anilines is 1. The van der Waals surface area contributed by atoms with E-state index in [4.69, 9.17) is 4.74 Å². The van der Waals surface area contributed by atoms with E-state index < -0.39 is 29.2 Å². The fourth-order valence-corrected chi connectivity index (χ4v) is 2.96. The molecule has 1 aromatic rings. The van der Waals surface area contributed by atoms with E-state index in [1.54, 1.807) is 32.9 Å². The molecule has 1 amide bonds. The van der Waals surface area contributed by atoms with E-state index >= 15 is 0 Å². The van der Waals surface area contributed by atoms with E-state index in [0.717, 1.165) is 0 Å². The number of aliphatic carboxylic acids is 1. The zero-order chi connectivity index (χ0) is 18.0. The number of nitrogens with one attached hydrogen (secondary N) is 1. The molecule has 7 heteroatoms. The highest BCUT2D eigenvalue weighted by molar-refractivity contribution is 5.83. The van der Waals surface area contributed by atoms with Crippen molar-refractivity contribution in [1.82, 2.24) is 4.98 Å². The molecule has 7 nitrogen and oxygen atoms in total. The first kappa shape index (κ1) is 18.2. The topological polar surface area (TPSA) is 109 Å². The van der Waals surface area contributed by atoms with Crippen LogP contribution in [0.25, 0.3) is 0 Å². The highest BCUT2D eigenvalue weighted by atomic mass is 16.6. The third-order valence-corrected chi connectivity index (χ3v) is 4.14. The molecule has 24 heavy (non-hydrogen) atoms. The van der Waals surface area contributed by atoms with Crippen LogP contribution in [0.4, 0.5) is 10.6 Å². The number of carboxylic acids is 1. The van der Waals surface area contributed by atoms with Crippen molar-refractivity contribution in [2.45, 2.75) is 58.2 Å². The molecule has 0 aliphatic heterocycles. The number of pyridine rings is 1. The van der Waals surface area contributed by atoms with Crippen LogP contribution in [0.2, 0.25) is 0 Å². The van der Waals surface area contributed by atoms with E-state index in [0.29, 0.717) is 30.6 Å². The molecule has 2 rings (SSSR count). The Morgan fingerprint density at radius 2 is 2.12 bits per heavy atom. The summed E-state index contributed by atoms with van der Waals surface area (Å²) in [5.74, 6) is -0.659. The number of hydrogen-bond donors (Lipinski definition) is 3. The van der Waals surface area contributed by atoms with Crippen LogP contribution in [0.5, 0.6) is 0 Å². The molecule has 0 radical (unpaired) electrons. The lowest BCUT2D eigenvalue weighted by molar-refractivity contribution is -0.154. The van der Waals surface area contributed by atoms with Gasteiger partial charge in [-0.1, -0.05) is 6.07 Å². The van der Waals surface area contributed by atoms with Gasteiger partial charge in [0.05, 0.1) is 11.5 Å². The average molecular weight is 336 g/mol. The zero-order valence-electron chi connectivity index (χ0n) is 14.2. The van der Waals surface area contributed by atoms with Crippen LogP contribution in [0.1, 0.15) is 45.6 Å². The molecule has 0 saturated heterocycles. The molecule has 3 N–H and O–H groups in total. The van der Waals surface area contributed by atoms with Gasteiger partial charge in [0.1, 0.15) is 11.4 Å². The lowest BCUT2D eigenvalue weighted by Crippen LogP contribution is -2.40. The minimum absolute atomic E-state index is 0.212. The average Bonchev–Trinajstić information content (AvgIpc) is 2.81. The number of aromatic nitrogens is 1. The Hall–Kier alpha value is -2.15. The molecule has 0 spiro atoms. The van der Waals surface area contributed by atoms with Crippen LogP contribution >= 0.6 is 0 Å². The third kappa shape index (κ3) is 4.23. The molecule has 1 saturated carbocycles. The monoisotopic (exact) mass is 336 g/mol. The van der Waals surface area contributed by atoms with Crippen molar-refractivity contribution in [3.05, 3.63) is 23.9 Å². The number of carboxylic acid groups (broad SMARTS) is 1. The van der Waals surface area contributed by atoms with Gasteiger partial charge in [-0.3, -0.25) is 10.1 Å². The molecule has 0 aromatic carbocycles.